The van der Waals surface area contributed by atoms with Gasteiger partial charge in [-0.1, -0.05) is 36.4 Å². The number of hydrogen-bond acceptors (Lipinski definition) is 4. The van der Waals surface area contributed by atoms with Gasteiger partial charge < -0.3 is 14.6 Å². The molecule has 1 atom stereocenters. The van der Waals surface area contributed by atoms with E-state index in [1.54, 1.807) is 0 Å². The van der Waals surface area contributed by atoms with Gasteiger partial charge in [-0.2, -0.15) is 0 Å². The standard InChI is InChI=1S/C19H21NO4/c21-19(22)17(20-10-12-23-13-11-20)14-15-6-4-5-9-18(15)24-16-7-2-1-3-8-16/h1-9,17H,10-14H2,(H,21,22)/t17-/m0/s1. The molecule has 5 nitrogen and oxygen atoms in total. The summed E-state index contributed by atoms with van der Waals surface area (Å²) < 4.78 is 11.3. The first-order chi connectivity index (χ1) is 11.7. The lowest BCUT2D eigenvalue weighted by Gasteiger charge is -2.32. The maximum absolute atomic E-state index is 11.7. The van der Waals surface area contributed by atoms with Crippen LogP contribution < -0.4 is 4.74 Å². The van der Waals surface area contributed by atoms with Crippen LogP contribution in [0.1, 0.15) is 5.56 Å². The van der Waals surface area contributed by atoms with Crippen molar-refractivity contribution >= 4 is 5.97 Å². The van der Waals surface area contributed by atoms with E-state index in [1.165, 1.54) is 0 Å². The number of ether oxygens (including phenoxy) is 2. The molecule has 24 heavy (non-hydrogen) atoms. The number of morpholine rings is 1. The molecular weight excluding hydrogens is 306 g/mol. The summed E-state index contributed by atoms with van der Waals surface area (Å²) in [5, 5.41) is 9.64. The summed E-state index contributed by atoms with van der Waals surface area (Å²) in [5.74, 6) is 0.623. The molecule has 1 fully saturated rings. The van der Waals surface area contributed by atoms with Crippen molar-refractivity contribution in [2.75, 3.05) is 26.3 Å². The Labute approximate surface area is 141 Å². The molecule has 2 aromatic rings. The number of para-hydroxylation sites is 2. The van der Waals surface area contributed by atoms with Crippen molar-refractivity contribution in [3.8, 4) is 11.5 Å². The fraction of sp³-hybridized carbons (Fsp3) is 0.316. The number of nitrogens with zero attached hydrogens (tertiary/aromatic N) is 1. The minimum absolute atomic E-state index is 0.401. The maximum Gasteiger partial charge on any atom is 0.321 e. The maximum atomic E-state index is 11.7. The third-order valence-corrected chi connectivity index (χ3v) is 4.13. The van der Waals surface area contributed by atoms with Gasteiger partial charge in [0.25, 0.3) is 0 Å². The smallest absolute Gasteiger partial charge is 0.321 e. The Hall–Kier alpha value is -2.37. The number of carbonyl (C=O) groups is 1. The van der Waals surface area contributed by atoms with E-state index in [2.05, 4.69) is 0 Å². The number of benzene rings is 2. The summed E-state index contributed by atoms with van der Waals surface area (Å²) in [6, 6.07) is 16.5. The summed E-state index contributed by atoms with van der Waals surface area (Å²) in [6.45, 7) is 2.43. The molecule has 0 aromatic heterocycles. The highest BCUT2D eigenvalue weighted by Gasteiger charge is 2.28. The molecule has 0 radical (unpaired) electrons. The largest absolute Gasteiger partial charge is 0.480 e. The molecule has 3 rings (SSSR count). The Morgan fingerprint density at radius 2 is 1.75 bits per heavy atom. The van der Waals surface area contributed by atoms with Gasteiger partial charge in [0, 0.05) is 19.5 Å². The quantitative estimate of drug-likeness (QED) is 0.884. The third-order valence-electron chi connectivity index (χ3n) is 4.13. The molecule has 1 heterocycles. The highest BCUT2D eigenvalue weighted by molar-refractivity contribution is 5.74. The molecule has 0 unspecified atom stereocenters. The summed E-state index contributed by atoms with van der Waals surface area (Å²) >= 11 is 0. The molecule has 1 aliphatic rings. The van der Waals surface area contributed by atoms with Gasteiger partial charge in [-0.05, 0) is 23.8 Å². The number of carboxylic acids is 1. The Morgan fingerprint density at radius 3 is 2.46 bits per heavy atom. The van der Waals surface area contributed by atoms with E-state index in [-0.39, 0.29) is 0 Å². The number of rotatable bonds is 6. The van der Waals surface area contributed by atoms with Crippen molar-refractivity contribution in [2.45, 2.75) is 12.5 Å². The van der Waals surface area contributed by atoms with E-state index >= 15 is 0 Å². The second-order valence-corrected chi connectivity index (χ2v) is 5.73. The summed E-state index contributed by atoms with van der Waals surface area (Å²) in [7, 11) is 0. The summed E-state index contributed by atoms with van der Waals surface area (Å²) in [4.78, 5) is 13.7. The van der Waals surface area contributed by atoms with E-state index < -0.39 is 12.0 Å². The van der Waals surface area contributed by atoms with Gasteiger partial charge in [0.1, 0.15) is 17.5 Å². The minimum Gasteiger partial charge on any atom is -0.480 e. The first-order valence-electron chi connectivity index (χ1n) is 8.09. The highest BCUT2D eigenvalue weighted by Crippen LogP contribution is 2.27. The zero-order chi connectivity index (χ0) is 16.8. The zero-order valence-electron chi connectivity index (χ0n) is 13.4. The van der Waals surface area contributed by atoms with Crippen LogP contribution in [0.25, 0.3) is 0 Å². The van der Waals surface area contributed by atoms with Gasteiger partial charge in [0.2, 0.25) is 0 Å². The zero-order valence-corrected chi connectivity index (χ0v) is 13.4. The topological polar surface area (TPSA) is 59.0 Å². The van der Waals surface area contributed by atoms with Crippen molar-refractivity contribution < 1.29 is 19.4 Å². The van der Waals surface area contributed by atoms with Crippen LogP contribution in [0.3, 0.4) is 0 Å². The van der Waals surface area contributed by atoms with Gasteiger partial charge >= 0.3 is 5.97 Å². The molecule has 1 aliphatic heterocycles. The average Bonchev–Trinajstić information content (AvgIpc) is 2.62. The number of hydrogen-bond donors (Lipinski definition) is 1. The van der Waals surface area contributed by atoms with Crippen molar-refractivity contribution in [1.29, 1.82) is 0 Å². The lowest BCUT2D eigenvalue weighted by molar-refractivity contribution is -0.145. The van der Waals surface area contributed by atoms with Gasteiger partial charge in [0.15, 0.2) is 0 Å². The lowest BCUT2D eigenvalue weighted by Crippen LogP contribution is -2.48. The normalized spacial score (nSPS) is 16.5. The van der Waals surface area contributed by atoms with E-state index in [4.69, 9.17) is 9.47 Å². The Balaban J connectivity index is 1.79. The van der Waals surface area contributed by atoms with Gasteiger partial charge in [-0.15, -0.1) is 0 Å². The van der Waals surface area contributed by atoms with Crippen molar-refractivity contribution in [3.05, 3.63) is 60.2 Å². The van der Waals surface area contributed by atoms with E-state index in [0.717, 1.165) is 11.3 Å². The van der Waals surface area contributed by atoms with Crippen LogP contribution in [0.4, 0.5) is 0 Å². The Morgan fingerprint density at radius 1 is 1.08 bits per heavy atom. The van der Waals surface area contributed by atoms with Gasteiger partial charge in [-0.25, -0.2) is 0 Å². The molecule has 1 saturated heterocycles. The molecule has 126 valence electrons. The predicted octanol–water partition coefficient (Wildman–Crippen LogP) is 2.81. The molecular formula is C19H21NO4. The number of aliphatic carboxylic acids is 1. The lowest BCUT2D eigenvalue weighted by atomic mass is 10.0. The SMILES string of the molecule is O=C(O)[C@H](Cc1ccccc1Oc1ccccc1)N1CCOCC1. The van der Waals surface area contributed by atoms with E-state index in [9.17, 15) is 9.90 Å². The number of carboxylic acid groups (broad SMARTS) is 1. The van der Waals surface area contributed by atoms with Crippen LogP contribution in [0.2, 0.25) is 0 Å². The van der Waals surface area contributed by atoms with Crippen molar-refractivity contribution in [2.24, 2.45) is 0 Å². The first kappa shape index (κ1) is 16.5. The minimum atomic E-state index is -0.814. The summed E-state index contributed by atoms with van der Waals surface area (Å²) in [5.41, 5.74) is 0.889. The Kier molecular flexibility index (Phi) is 5.46. The molecule has 5 heteroatoms. The van der Waals surface area contributed by atoms with Gasteiger partial charge in [0.05, 0.1) is 13.2 Å². The van der Waals surface area contributed by atoms with Crippen LogP contribution in [0, 0.1) is 0 Å². The fourth-order valence-corrected chi connectivity index (χ4v) is 2.86. The second-order valence-electron chi connectivity index (χ2n) is 5.73. The van der Waals surface area contributed by atoms with E-state index in [0.29, 0.717) is 38.5 Å². The molecule has 0 amide bonds. The average molecular weight is 327 g/mol. The van der Waals surface area contributed by atoms with Crippen molar-refractivity contribution in [3.63, 3.8) is 0 Å². The van der Waals surface area contributed by atoms with Crippen LogP contribution in [-0.4, -0.2) is 48.3 Å². The highest BCUT2D eigenvalue weighted by atomic mass is 16.5. The van der Waals surface area contributed by atoms with Crippen LogP contribution >= 0.6 is 0 Å². The Bertz CT molecular complexity index is 668. The molecule has 0 saturated carbocycles. The van der Waals surface area contributed by atoms with E-state index in [1.807, 2.05) is 59.5 Å². The predicted molar refractivity (Wildman–Crippen MR) is 90.5 cm³/mol. The third kappa shape index (κ3) is 4.13. The molecule has 2 aromatic carbocycles. The first-order valence-corrected chi connectivity index (χ1v) is 8.09. The van der Waals surface area contributed by atoms with Crippen molar-refractivity contribution in [1.82, 2.24) is 4.90 Å². The fourth-order valence-electron chi connectivity index (χ4n) is 2.86. The van der Waals surface area contributed by atoms with Crippen LogP contribution in [0.15, 0.2) is 54.6 Å². The molecule has 0 spiro atoms. The summed E-state index contributed by atoms with van der Waals surface area (Å²) in [6.07, 6.45) is 0.401. The van der Waals surface area contributed by atoms with Gasteiger partial charge in [-0.3, -0.25) is 9.69 Å². The molecule has 0 aliphatic carbocycles. The molecule has 1 N–H and O–H groups in total. The van der Waals surface area contributed by atoms with Crippen LogP contribution in [-0.2, 0) is 16.0 Å². The second kappa shape index (κ2) is 7.95. The van der Waals surface area contributed by atoms with Crippen LogP contribution in [0.5, 0.6) is 11.5 Å². The monoisotopic (exact) mass is 327 g/mol. The molecule has 0 bridgehead atoms.